The van der Waals surface area contributed by atoms with Gasteiger partial charge in [0.25, 0.3) is 5.56 Å². The fourth-order valence-corrected chi connectivity index (χ4v) is 2.93. The molecule has 27 heavy (non-hydrogen) atoms. The first kappa shape index (κ1) is 19.4. The van der Waals surface area contributed by atoms with Crippen molar-refractivity contribution in [2.75, 3.05) is 27.1 Å². The van der Waals surface area contributed by atoms with Gasteiger partial charge in [0, 0.05) is 37.9 Å². The molecule has 1 aromatic carbocycles. The summed E-state index contributed by atoms with van der Waals surface area (Å²) < 4.78 is 55.9. The quantitative estimate of drug-likeness (QED) is 0.717. The van der Waals surface area contributed by atoms with Crippen molar-refractivity contribution in [3.63, 3.8) is 0 Å². The van der Waals surface area contributed by atoms with Gasteiger partial charge in [-0.05, 0) is 24.6 Å². The number of hydrogen-bond acceptors (Lipinski definition) is 5. The molecule has 3 rings (SSSR count). The van der Waals surface area contributed by atoms with E-state index >= 15 is 0 Å². The summed E-state index contributed by atoms with van der Waals surface area (Å²) in [5, 5.41) is 0. The van der Waals surface area contributed by atoms with E-state index < -0.39 is 11.7 Å². The van der Waals surface area contributed by atoms with Gasteiger partial charge in [-0.1, -0.05) is 0 Å². The van der Waals surface area contributed by atoms with Gasteiger partial charge in [0.1, 0.15) is 5.75 Å². The standard InChI is InChI=1S/C18H19F3N2O4/c1-25-11-27-16-6-13(18(19,20)21)2-3-14(16)15-7-22-10-23(17(15)24)8-12-4-5-26-9-12/h2-3,6-7,10,12H,4-5,8-9,11H2,1H3/t12-/m0/s1. The molecule has 0 amide bonds. The Morgan fingerprint density at radius 2 is 2.15 bits per heavy atom. The van der Waals surface area contributed by atoms with Gasteiger partial charge in [0.15, 0.2) is 6.79 Å². The number of alkyl halides is 3. The van der Waals surface area contributed by atoms with Gasteiger partial charge in [-0.25, -0.2) is 4.98 Å². The molecule has 1 aromatic heterocycles. The van der Waals surface area contributed by atoms with Crippen molar-refractivity contribution in [1.82, 2.24) is 9.55 Å². The number of rotatable bonds is 6. The first-order valence-corrected chi connectivity index (χ1v) is 8.35. The van der Waals surface area contributed by atoms with Crippen LogP contribution < -0.4 is 10.3 Å². The van der Waals surface area contributed by atoms with Crippen molar-refractivity contribution < 1.29 is 27.4 Å². The van der Waals surface area contributed by atoms with E-state index in [0.717, 1.165) is 18.6 Å². The third kappa shape index (κ3) is 4.48. The Bertz CT molecular complexity index is 845. The summed E-state index contributed by atoms with van der Waals surface area (Å²) in [6.07, 6.45) is -0.934. The van der Waals surface area contributed by atoms with Crippen LogP contribution >= 0.6 is 0 Å². The molecule has 0 radical (unpaired) electrons. The van der Waals surface area contributed by atoms with Crippen molar-refractivity contribution in [2.45, 2.75) is 19.1 Å². The summed E-state index contributed by atoms with van der Waals surface area (Å²) in [7, 11) is 1.36. The van der Waals surface area contributed by atoms with Gasteiger partial charge in [0.2, 0.25) is 0 Å². The second-order valence-electron chi connectivity index (χ2n) is 6.25. The van der Waals surface area contributed by atoms with Crippen molar-refractivity contribution in [3.05, 3.63) is 46.6 Å². The molecule has 1 aliphatic heterocycles. The van der Waals surface area contributed by atoms with E-state index in [1.807, 2.05) is 0 Å². The average Bonchev–Trinajstić information content (AvgIpc) is 3.14. The van der Waals surface area contributed by atoms with Crippen LogP contribution in [0.5, 0.6) is 5.75 Å². The molecular formula is C18H19F3N2O4. The third-order valence-electron chi connectivity index (χ3n) is 4.31. The monoisotopic (exact) mass is 384 g/mol. The molecule has 0 spiro atoms. The zero-order chi connectivity index (χ0) is 19.4. The molecule has 1 atom stereocenters. The predicted octanol–water partition coefficient (Wildman–Crippen LogP) is 2.95. The molecule has 9 heteroatoms. The first-order valence-electron chi connectivity index (χ1n) is 8.35. The molecule has 0 unspecified atom stereocenters. The molecule has 0 saturated carbocycles. The first-order chi connectivity index (χ1) is 12.9. The molecule has 0 aliphatic carbocycles. The molecule has 2 heterocycles. The molecule has 1 fully saturated rings. The topological polar surface area (TPSA) is 62.6 Å². The van der Waals surface area contributed by atoms with Gasteiger partial charge >= 0.3 is 6.18 Å². The second kappa shape index (κ2) is 8.10. The van der Waals surface area contributed by atoms with Crippen molar-refractivity contribution >= 4 is 0 Å². The molecule has 2 aromatic rings. The van der Waals surface area contributed by atoms with Crippen LogP contribution in [0.2, 0.25) is 0 Å². The van der Waals surface area contributed by atoms with Crippen molar-refractivity contribution in [3.8, 4) is 16.9 Å². The summed E-state index contributed by atoms with van der Waals surface area (Å²) >= 11 is 0. The maximum absolute atomic E-state index is 13.0. The molecule has 0 N–H and O–H groups in total. The Kier molecular flexibility index (Phi) is 5.81. The van der Waals surface area contributed by atoms with Crippen LogP contribution in [0.1, 0.15) is 12.0 Å². The second-order valence-corrected chi connectivity index (χ2v) is 6.25. The summed E-state index contributed by atoms with van der Waals surface area (Å²) in [6, 6.07) is 2.99. The Morgan fingerprint density at radius 1 is 1.33 bits per heavy atom. The van der Waals surface area contributed by atoms with Crippen LogP contribution in [-0.2, 0) is 22.2 Å². The third-order valence-corrected chi connectivity index (χ3v) is 4.31. The average molecular weight is 384 g/mol. The van der Waals surface area contributed by atoms with Gasteiger partial charge < -0.3 is 14.2 Å². The Balaban J connectivity index is 2.00. The Hall–Kier alpha value is -2.39. The Morgan fingerprint density at radius 3 is 2.81 bits per heavy atom. The van der Waals surface area contributed by atoms with E-state index in [9.17, 15) is 18.0 Å². The molecule has 146 valence electrons. The predicted molar refractivity (Wildman–Crippen MR) is 90.4 cm³/mol. The van der Waals surface area contributed by atoms with Gasteiger partial charge in [0.05, 0.1) is 24.1 Å². The van der Waals surface area contributed by atoms with E-state index in [0.29, 0.717) is 19.8 Å². The lowest BCUT2D eigenvalue weighted by Gasteiger charge is -2.15. The van der Waals surface area contributed by atoms with Crippen LogP contribution in [-0.4, -0.2) is 36.7 Å². The number of hydrogen-bond donors (Lipinski definition) is 0. The smallest absolute Gasteiger partial charge is 0.416 e. The lowest BCUT2D eigenvalue weighted by atomic mass is 10.0. The van der Waals surface area contributed by atoms with Crippen molar-refractivity contribution in [2.24, 2.45) is 5.92 Å². The summed E-state index contributed by atoms with van der Waals surface area (Å²) in [6.45, 7) is 1.41. The zero-order valence-corrected chi connectivity index (χ0v) is 14.7. The SMILES string of the molecule is COCOc1cc(C(F)(F)F)ccc1-c1cncn(C[C@@H]2CCOC2)c1=O. The maximum Gasteiger partial charge on any atom is 0.416 e. The highest BCUT2D eigenvalue weighted by Gasteiger charge is 2.31. The van der Waals surface area contributed by atoms with E-state index in [1.165, 1.54) is 30.3 Å². The number of ether oxygens (including phenoxy) is 3. The zero-order valence-electron chi connectivity index (χ0n) is 14.7. The van der Waals surface area contributed by atoms with Crippen LogP contribution in [0, 0.1) is 5.92 Å². The van der Waals surface area contributed by atoms with Crippen molar-refractivity contribution in [1.29, 1.82) is 0 Å². The lowest BCUT2D eigenvalue weighted by Crippen LogP contribution is -2.25. The minimum absolute atomic E-state index is 0.0903. The summed E-state index contributed by atoms with van der Waals surface area (Å²) in [5.74, 6) is 0.115. The highest BCUT2D eigenvalue weighted by molar-refractivity contribution is 5.69. The number of halogens is 3. The fraction of sp³-hybridized carbons (Fsp3) is 0.444. The van der Waals surface area contributed by atoms with E-state index in [-0.39, 0.29) is 35.1 Å². The summed E-state index contributed by atoms with van der Waals surface area (Å²) in [5.41, 5.74) is -0.825. The lowest BCUT2D eigenvalue weighted by molar-refractivity contribution is -0.137. The number of aromatic nitrogens is 2. The molecule has 1 aliphatic rings. The van der Waals surface area contributed by atoms with Gasteiger partial charge in [-0.2, -0.15) is 13.2 Å². The summed E-state index contributed by atoms with van der Waals surface area (Å²) in [4.78, 5) is 16.9. The number of methoxy groups -OCH3 is 1. The highest BCUT2D eigenvalue weighted by Crippen LogP contribution is 2.36. The highest BCUT2D eigenvalue weighted by atomic mass is 19.4. The largest absolute Gasteiger partial charge is 0.467 e. The van der Waals surface area contributed by atoms with Gasteiger partial charge in [-0.15, -0.1) is 0 Å². The van der Waals surface area contributed by atoms with Gasteiger partial charge in [-0.3, -0.25) is 9.36 Å². The van der Waals surface area contributed by atoms with E-state index in [2.05, 4.69) is 4.98 Å². The van der Waals surface area contributed by atoms with E-state index in [4.69, 9.17) is 14.2 Å². The van der Waals surface area contributed by atoms with Crippen LogP contribution in [0.4, 0.5) is 13.2 Å². The minimum Gasteiger partial charge on any atom is -0.467 e. The Labute approximate surface area is 153 Å². The molecule has 0 bridgehead atoms. The van der Waals surface area contributed by atoms with E-state index in [1.54, 1.807) is 0 Å². The number of nitrogens with zero attached hydrogens (tertiary/aromatic N) is 2. The molecule has 6 nitrogen and oxygen atoms in total. The maximum atomic E-state index is 13.0. The molecule has 1 saturated heterocycles. The normalized spacial score (nSPS) is 17.3. The van der Waals surface area contributed by atoms with Crippen LogP contribution in [0.3, 0.4) is 0 Å². The van der Waals surface area contributed by atoms with Crippen LogP contribution in [0.25, 0.3) is 11.1 Å². The van der Waals surface area contributed by atoms with Crippen LogP contribution in [0.15, 0.2) is 35.5 Å². The molecular weight excluding hydrogens is 365 g/mol. The fourth-order valence-electron chi connectivity index (χ4n) is 2.93. The minimum atomic E-state index is -4.53. The number of benzene rings is 1.